The highest BCUT2D eigenvalue weighted by Crippen LogP contribution is 2.18. The molecule has 1 aliphatic heterocycles. The van der Waals surface area contributed by atoms with Gasteiger partial charge in [0, 0.05) is 12.8 Å². The van der Waals surface area contributed by atoms with Crippen LogP contribution in [0.2, 0.25) is 0 Å². The third-order valence-corrected chi connectivity index (χ3v) is 1.84. The van der Waals surface area contributed by atoms with Crippen molar-refractivity contribution in [3.8, 4) is 0 Å². The van der Waals surface area contributed by atoms with Gasteiger partial charge in [0.25, 0.3) is 0 Å². The van der Waals surface area contributed by atoms with Crippen LogP contribution in [0.15, 0.2) is 0 Å². The molecule has 0 aromatic carbocycles. The minimum atomic E-state index is -0.602. The topological polar surface area (TPSA) is 66.8 Å². The van der Waals surface area contributed by atoms with Gasteiger partial charge in [-0.05, 0) is 6.92 Å². The van der Waals surface area contributed by atoms with E-state index in [0.29, 0.717) is 12.8 Å². The van der Waals surface area contributed by atoms with Crippen molar-refractivity contribution in [1.82, 2.24) is 0 Å². The van der Waals surface area contributed by atoms with Gasteiger partial charge >= 0.3 is 5.97 Å². The molecule has 1 fully saturated rings. The van der Waals surface area contributed by atoms with Gasteiger partial charge in [-0.25, -0.2) is 0 Å². The van der Waals surface area contributed by atoms with Crippen molar-refractivity contribution >= 4 is 5.97 Å². The molecule has 0 saturated carbocycles. The van der Waals surface area contributed by atoms with Crippen LogP contribution in [-0.4, -0.2) is 34.5 Å². The summed E-state index contributed by atoms with van der Waals surface area (Å²) in [6, 6.07) is 0. The normalized spacial score (nSPS) is 32.8. The Balaban J connectivity index is 2.39. The van der Waals surface area contributed by atoms with Crippen LogP contribution in [0.25, 0.3) is 0 Å². The maximum absolute atomic E-state index is 10.8. The van der Waals surface area contributed by atoms with Crippen molar-refractivity contribution in [2.75, 3.05) is 0 Å². The van der Waals surface area contributed by atoms with Crippen LogP contribution in [0, 0.1) is 0 Å². The Morgan fingerprint density at radius 1 is 1.75 bits per heavy atom. The number of hydrogen-bond acceptors (Lipinski definition) is 4. The summed E-state index contributed by atoms with van der Waals surface area (Å²) in [4.78, 5) is 10.8. The van der Waals surface area contributed by atoms with Crippen LogP contribution >= 0.6 is 0 Å². The lowest BCUT2D eigenvalue weighted by atomic mass is 10.0. The van der Waals surface area contributed by atoms with Crippen LogP contribution in [0.5, 0.6) is 0 Å². The van der Waals surface area contributed by atoms with E-state index in [1.165, 1.54) is 0 Å². The molecule has 70 valence electrons. The quantitative estimate of drug-likeness (QED) is 0.570. The van der Waals surface area contributed by atoms with E-state index in [2.05, 4.69) is 0 Å². The summed E-state index contributed by atoms with van der Waals surface area (Å²) in [5.41, 5.74) is 0. The Hall–Kier alpha value is -0.610. The Labute approximate surface area is 71.2 Å². The van der Waals surface area contributed by atoms with E-state index in [4.69, 9.17) is 9.84 Å². The maximum atomic E-state index is 10.8. The number of carbonyl (C=O) groups is 1. The molecule has 3 atom stereocenters. The lowest BCUT2D eigenvalue weighted by molar-refractivity contribution is -0.161. The molecule has 4 nitrogen and oxygen atoms in total. The average Bonchev–Trinajstić information content (AvgIpc) is 1.81. The van der Waals surface area contributed by atoms with E-state index in [1.807, 2.05) is 0 Å². The summed E-state index contributed by atoms with van der Waals surface area (Å²) in [6.07, 6.45) is -0.486. The third-order valence-electron chi connectivity index (χ3n) is 1.84. The van der Waals surface area contributed by atoms with E-state index in [9.17, 15) is 9.90 Å². The Kier molecular flexibility index (Phi) is 3.05. The summed E-state index contributed by atoms with van der Waals surface area (Å²) in [5.74, 6) is -0.376. The first-order valence-corrected chi connectivity index (χ1v) is 4.13. The third kappa shape index (κ3) is 2.79. The monoisotopic (exact) mass is 174 g/mol. The fourth-order valence-corrected chi connectivity index (χ4v) is 1.39. The average molecular weight is 174 g/mol. The summed E-state index contributed by atoms with van der Waals surface area (Å²) in [6.45, 7) is 1.63. The van der Waals surface area contributed by atoms with Crippen molar-refractivity contribution in [3.63, 3.8) is 0 Å². The molecule has 12 heavy (non-hydrogen) atoms. The van der Waals surface area contributed by atoms with Gasteiger partial charge in [-0.3, -0.25) is 4.79 Å². The van der Waals surface area contributed by atoms with Gasteiger partial charge in [0.05, 0.1) is 18.6 Å². The highest BCUT2D eigenvalue weighted by Gasteiger charge is 2.27. The van der Waals surface area contributed by atoms with Gasteiger partial charge in [0.2, 0.25) is 0 Å². The van der Waals surface area contributed by atoms with E-state index >= 15 is 0 Å². The van der Waals surface area contributed by atoms with Crippen molar-refractivity contribution < 1.29 is 19.7 Å². The predicted octanol–water partition coefficient (Wildman–Crippen LogP) is -0.176. The van der Waals surface area contributed by atoms with Crippen LogP contribution in [0.1, 0.15) is 26.2 Å². The Morgan fingerprint density at radius 2 is 2.42 bits per heavy atom. The van der Waals surface area contributed by atoms with Crippen molar-refractivity contribution in [2.24, 2.45) is 0 Å². The number of cyclic esters (lactones) is 1. The summed E-state index contributed by atoms with van der Waals surface area (Å²) in [7, 11) is 0. The minimum absolute atomic E-state index is 0.0797. The molecule has 0 aliphatic carbocycles. The van der Waals surface area contributed by atoms with Crippen LogP contribution < -0.4 is 0 Å². The number of esters is 1. The van der Waals surface area contributed by atoms with Gasteiger partial charge in [0.15, 0.2) is 0 Å². The molecule has 0 unspecified atom stereocenters. The smallest absolute Gasteiger partial charge is 0.308 e. The molecular weight excluding hydrogens is 160 g/mol. The molecule has 0 aromatic heterocycles. The lowest BCUT2D eigenvalue weighted by Crippen LogP contribution is -2.34. The first-order chi connectivity index (χ1) is 5.58. The first kappa shape index (κ1) is 9.48. The lowest BCUT2D eigenvalue weighted by Gasteiger charge is -2.26. The van der Waals surface area contributed by atoms with E-state index in [1.54, 1.807) is 6.92 Å². The number of rotatable bonds is 2. The molecule has 1 saturated heterocycles. The highest BCUT2D eigenvalue weighted by molar-refractivity contribution is 5.70. The molecular formula is C8H14O4. The van der Waals surface area contributed by atoms with Crippen molar-refractivity contribution in [2.45, 2.75) is 44.5 Å². The molecule has 0 aromatic rings. The molecule has 1 aliphatic rings. The van der Waals surface area contributed by atoms with Crippen LogP contribution in [-0.2, 0) is 9.53 Å². The zero-order valence-electron chi connectivity index (χ0n) is 7.06. The zero-order valence-corrected chi connectivity index (χ0v) is 7.06. The minimum Gasteiger partial charge on any atom is -0.462 e. The highest BCUT2D eigenvalue weighted by atomic mass is 16.5. The molecule has 0 amide bonds. The molecule has 0 bridgehead atoms. The van der Waals surface area contributed by atoms with Gasteiger partial charge in [-0.2, -0.15) is 0 Å². The fraction of sp³-hybridized carbons (Fsp3) is 0.875. The Morgan fingerprint density at radius 3 is 2.92 bits per heavy atom. The molecule has 4 heteroatoms. The zero-order chi connectivity index (χ0) is 9.14. The largest absolute Gasteiger partial charge is 0.462 e. The second-order valence-corrected chi connectivity index (χ2v) is 3.29. The van der Waals surface area contributed by atoms with Crippen molar-refractivity contribution in [1.29, 1.82) is 0 Å². The van der Waals surface area contributed by atoms with E-state index < -0.39 is 12.2 Å². The fourth-order valence-electron chi connectivity index (χ4n) is 1.39. The molecule has 0 radical (unpaired) electrons. The standard InChI is InChI=1S/C8H14O4/c1-5(9)2-7-3-6(10)4-8(11)12-7/h5-7,9-10H,2-4H2,1H3/t5-,6+,7-/m1/s1. The summed E-state index contributed by atoms with van der Waals surface area (Å²) in [5, 5.41) is 18.2. The second-order valence-electron chi connectivity index (χ2n) is 3.29. The van der Waals surface area contributed by atoms with Crippen LogP contribution in [0.3, 0.4) is 0 Å². The molecule has 2 N–H and O–H groups in total. The summed E-state index contributed by atoms with van der Waals surface area (Å²) < 4.78 is 4.91. The van der Waals surface area contributed by atoms with Gasteiger partial charge in [0.1, 0.15) is 6.10 Å². The second kappa shape index (κ2) is 3.87. The molecule has 0 spiro atoms. The number of ether oxygens (including phenoxy) is 1. The van der Waals surface area contributed by atoms with Gasteiger partial charge < -0.3 is 14.9 Å². The van der Waals surface area contributed by atoms with E-state index in [-0.39, 0.29) is 18.5 Å². The summed E-state index contributed by atoms with van der Waals surface area (Å²) >= 11 is 0. The Bertz CT molecular complexity index is 164. The maximum Gasteiger partial charge on any atom is 0.308 e. The number of carbonyl (C=O) groups excluding carboxylic acids is 1. The predicted molar refractivity (Wildman–Crippen MR) is 41.4 cm³/mol. The van der Waals surface area contributed by atoms with Gasteiger partial charge in [-0.1, -0.05) is 0 Å². The van der Waals surface area contributed by atoms with Crippen molar-refractivity contribution in [3.05, 3.63) is 0 Å². The first-order valence-electron chi connectivity index (χ1n) is 4.13. The molecule has 1 heterocycles. The SMILES string of the molecule is C[C@@H](O)C[C@@H]1C[C@H](O)CC(=O)O1. The number of hydrogen-bond donors (Lipinski definition) is 2. The van der Waals surface area contributed by atoms with Gasteiger partial charge in [-0.15, -0.1) is 0 Å². The van der Waals surface area contributed by atoms with Crippen LogP contribution in [0.4, 0.5) is 0 Å². The molecule has 1 rings (SSSR count). The number of aliphatic hydroxyl groups excluding tert-OH is 2. The number of aliphatic hydroxyl groups is 2. The van der Waals surface area contributed by atoms with E-state index in [0.717, 1.165) is 0 Å².